The van der Waals surface area contributed by atoms with Crippen molar-refractivity contribution in [2.75, 3.05) is 68.0 Å². The Labute approximate surface area is 153 Å². The molecule has 3 rings (SSSR count). The Hall–Kier alpha value is -0.280. The molecule has 2 N–H and O–H groups in total. The average molecular weight is 355 g/mol. The first-order valence-electron chi connectivity index (χ1n) is 9.82. The summed E-state index contributed by atoms with van der Waals surface area (Å²) in [4.78, 5) is 7.18. The molecule has 3 aliphatic heterocycles. The molecule has 7 nitrogen and oxygen atoms in total. The van der Waals surface area contributed by atoms with Gasteiger partial charge in [0.1, 0.15) is 6.23 Å². The number of hydrazine groups is 1. The van der Waals surface area contributed by atoms with E-state index in [4.69, 9.17) is 10.5 Å². The largest absolute Gasteiger partial charge is 0.359 e. The molecule has 0 aliphatic carbocycles. The van der Waals surface area contributed by atoms with Crippen LogP contribution in [0.4, 0.5) is 0 Å². The molecular formula is C18H38N6O. The number of likely N-dealkylation sites (tertiary alicyclic amines) is 1. The molecular weight excluding hydrogens is 316 g/mol. The zero-order valence-corrected chi connectivity index (χ0v) is 16.8. The van der Waals surface area contributed by atoms with Gasteiger partial charge in [0.05, 0.1) is 18.7 Å². The van der Waals surface area contributed by atoms with Crippen LogP contribution in [0.2, 0.25) is 0 Å². The van der Waals surface area contributed by atoms with Gasteiger partial charge in [0, 0.05) is 38.8 Å². The predicted molar refractivity (Wildman–Crippen MR) is 101 cm³/mol. The minimum atomic E-state index is -0.00204. The SMILES string of the molecule is CN(C)C1CCN(CCOC2C(N)C3C(N(C)C)CCCN3N2C)C1. The molecule has 3 aliphatic rings. The third-order valence-electron chi connectivity index (χ3n) is 6.46. The van der Waals surface area contributed by atoms with Gasteiger partial charge >= 0.3 is 0 Å². The molecule has 3 saturated heterocycles. The molecule has 5 atom stereocenters. The summed E-state index contributed by atoms with van der Waals surface area (Å²) in [5, 5.41) is 4.71. The number of piperidine rings is 1. The highest BCUT2D eigenvalue weighted by Crippen LogP contribution is 2.32. The lowest BCUT2D eigenvalue weighted by Crippen LogP contribution is -2.57. The second kappa shape index (κ2) is 8.17. The van der Waals surface area contributed by atoms with Gasteiger partial charge in [0.15, 0.2) is 0 Å². The minimum absolute atomic E-state index is 0.00204. The first kappa shape index (κ1) is 19.5. The second-order valence-electron chi connectivity index (χ2n) is 8.45. The third-order valence-corrected chi connectivity index (χ3v) is 6.46. The molecule has 0 aromatic carbocycles. The lowest BCUT2D eigenvalue weighted by Gasteiger charge is -2.42. The predicted octanol–water partition coefficient (Wildman–Crippen LogP) is -0.453. The van der Waals surface area contributed by atoms with Crippen molar-refractivity contribution in [3.63, 3.8) is 0 Å². The van der Waals surface area contributed by atoms with Gasteiger partial charge in [-0.2, -0.15) is 0 Å². The number of hydrogen-bond acceptors (Lipinski definition) is 7. The highest BCUT2D eigenvalue weighted by Gasteiger charge is 2.50. The Bertz CT molecular complexity index is 434. The second-order valence-corrected chi connectivity index (χ2v) is 8.45. The first-order valence-corrected chi connectivity index (χ1v) is 9.82. The summed E-state index contributed by atoms with van der Waals surface area (Å²) >= 11 is 0. The molecule has 0 amide bonds. The number of nitrogens with zero attached hydrogens (tertiary/aromatic N) is 5. The Morgan fingerprint density at radius 3 is 2.48 bits per heavy atom. The van der Waals surface area contributed by atoms with Crippen molar-refractivity contribution in [1.29, 1.82) is 0 Å². The molecule has 5 unspecified atom stereocenters. The standard InChI is InChI=1S/C18H38N6O/c1-20(2)14-8-10-23(13-14)11-12-25-18-16(19)17-15(21(3)4)7-6-9-24(17)22(18)5/h14-18H,6-13,19H2,1-5H3. The summed E-state index contributed by atoms with van der Waals surface area (Å²) in [7, 11) is 10.8. The van der Waals surface area contributed by atoms with Gasteiger partial charge in [-0.05, 0) is 54.0 Å². The maximum absolute atomic E-state index is 6.65. The average Bonchev–Trinajstić information content (AvgIpc) is 3.14. The van der Waals surface area contributed by atoms with Crippen LogP contribution >= 0.6 is 0 Å². The van der Waals surface area contributed by atoms with E-state index < -0.39 is 0 Å². The number of fused-ring (bicyclic) bond motifs is 1. The van der Waals surface area contributed by atoms with Gasteiger partial charge in [-0.1, -0.05) is 0 Å². The topological polar surface area (TPSA) is 51.5 Å². The fraction of sp³-hybridized carbons (Fsp3) is 1.00. The van der Waals surface area contributed by atoms with Crippen LogP contribution in [0.15, 0.2) is 0 Å². The Kier molecular flexibility index (Phi) is 6.36. The van der Waals surface area contributed by atoms with Crippen LogP contribution in [0.1, 0.15) is 19.3 Å². The lowest BCUT2D eigenvalue weighted by atomic mass is 9.92. The van der Waals surface area contributed by atoms with Gasteiger partial charge < -0.3 is 20.3 Å². The fourth-order valence-corrected chi connectivity index (χ4v) is 4.89. The third kappa shape index (κ3) is 4.03. The Morgan fingerprint density at radius 1 is 1.08 bits per heavy atom. The van der Waals surface area contributed by atoms with Crippen molar-refractivity contribution in [2.45, 2.75) is 49.7 Å². The lowest BCUT2D eigenvalue weighted by molar-refractivity contribution is -0.120. The number of ether oxygens (including phenoxy) is 1. The molecule has 3 fully saturated rings. The molecule has 0 saturated carbocycles. The zero-order chi connectivity index (χ0) is 18.1. The van der Waals surface area contributed by atoms with Crippen molar-refractivity contribution >= 4 is 0 Å². The molecule has 0 spiro atoms. The Morgan fingerprint density at radius 2 is 1.84 bits per heavy atom. The van der Waals surface area contributed by atoms with Crippen molar-refractivity contribution in [3.05, 3.63) is 0 Å². The van der Waals surface area contributed by atoms with Gasteiger partial charge in [0.2, 0.25) is 0 Å². The maximum Gasteiger partial charge on any atom is 0.139 e. The summed E-state index contributed by atoms with van der Waals surface area (Å²) in [5.41, 5.74) is 6.65. The monoisotopic (exact) mass is 354 g/mol. The summed E-state index contributed by atoms with van der Waals surface area (Å²) in [6.07, 6.45) is 3.71. The van der Waals surface area contributed by atoms with Gasteiger partial charge in [-0.15, -0.1) is 0 Å². The number of hydrogen-bond donors (Lipinski definition) is 1. The van der Waals surface area contributed by atoms with Crippen molar-refractivity contribution in [2.24, 2.45) is 5.73 Å². The molecule has 0 aromatic heterocycles. The van der Waals surface area contributed by atoms with E-state index in [2.05, 4.69) is 60.0 Å². The van der Waals surface area contributed by atoms with Gasteiger partial charge in [-0.25, -0.2) is 10.0 Å². The number of likely N-dealkylation sites (N-methyl/N-ethyl adjacent to an activating group) is 3. The minimum Gasteiger partial charge on any atom is -0.359 e. The zero-order valence-electron chi connectivity index (χ0n) is 16.8. The summed E-state index contributed by atoms with van der Waals surface area (Å²) in [6, 6.07) is 1.61. The van der Waals surface area contributed by atoms with E-state index in [1.54, 1.807) is 0 Å². The van der Waals surface area contributed by atoms with Crippen molar-refractivity contribution in [3.8, 4) is 0 Å². The van der Waals surface area contributed by atoms with Crippen LogP contribution < -0.4 is 5.73 Å². The van der Waals surface area contributed by atoms with Crippen LogP contribution in [0.5, 0.6) is 0 Å². The highest BCUT2D eigenvalue weighted by molar-refractivity contribution is 5.02. The molecule has 0 radical (unpaired) electrons. The quantitative estimate of drug-likeness (QED) is 0.693. The molecule has 3 heterocycles. The van der Waals surface area contributed by atoms with Gasteiger partial charge in [0.25, 0.3) is 0 Å². The van der Waals surface area contributed by atoms with E-state index in [0.29, 0.717) is 18.1 Å². The normalized spacial score (nSPS) is 38.2. The molecule has 0 aromatic rings. The molecule has 0 bridgehead atoms. The maximum atomic E-state index is 6.65. The summed E-state index contributed by atoms with van der Waals surface area (Å²) in [5.74, 6) is 0. The molecule has 7 heteroatoms. The van der Waals surface area contributed by atoms with Crippen LogP contribution in [0, 0.1) is 0 Å². The smallest absolute Gasteiger partial charge is 0.139 e. The molecule has 146 valence electrons. The van der Waals surface area contributed by atoms with E-state index in [9.17, 15) is 0 Å². The van der Waals surface area contributed by atoms with Crippen molar-refractivity contribution in [1.82, 2.24) is 24.7 Å². The summed E-state index contributed by atoms with van der Waals surface area (Å²) in [6.45, 7) is 5.19. The highest BCUT2D eigenvalue weighted by atomic mass is 16.5. The van der Waals surface area contributed by atoms with E-state index in [-0.39, 0.29) is 12.3 Å². The number of rotatable bonds is 6. The fourth-order valence-electron chi connectivity index (χ4n) is 4.89. The van der Waals surface area contributed by atoms with E-state index in [1.165, 1.54) is 25.8 Å². The number of nitrogens with two attached hydrogens (primary N) is 1. The van der Waals surface area contributed by atoms with Crippen LogP contribution in [-0.4, -0.2) is 123 Å². The van der Waals surface area contributed by atoms with Gasteiger partial charge in [-0.3, -0.25) is 4.90 Å². The first-order chi connectivity index (χ1) is 11.9. The molecule has 25 heavy (non-hydrogen) atoms. The van der Waals surface area contributed by atoms with Crippen LogP contribution in [0.3, 0.4) is 0 Å². The van der Waals surface area contributed by atoms with Crippen LogP contribution in [0.25, 0.3) is 0 Å². The van der Waals surface area contributed by atoms with E-state index in [1.807, 2.05) is 0 Å². The van der Waals surface area contributed by atoms with E-state index in [0.717, 1.165) is 26.2 Å². The van der Waals surface area contributed by atoms with Crippen LogP contribution in [-0.2, 0) is 4.74 Å². The van der Waals surface area contributed by atoms with E-state index >= 15 is 0 Å². The Balaban J connectivity index is 1.51. The van der Waals surface area contributed by atoms with Crippen molar-refractivity contribution < 1.29 is 4.74 Å². The summed E-state index contributed by atoms with van der Waals surface area (Å²) < 4.78 is 6.29.